The second kappa shape index (κ2) is 6.27. The number of benzene rings is 1. The van der Waals surface area contributed by atoms with Crippen molar-refractivity contribution in [2.45, 2.75) is 45.4 Å². The second-order valence-electron chi connectivity index (χ2n) is 7.79. The molecule has 3 atom stereocenters. The molecule has 0 saturated carbocycles. The molecule has 1 heterocycles. The molecule has 26 heavy (non-hydrogen) atoms. The first-order valence-corrected chi connectivity index (χ1v) is 9.41. The second-order valence-corrected chi connectivity index (χ2v) is 8.22. The Morgan fingerprint density at radius 1 is 1.00 bits per heavy atom. The fourth-order valence-electron chi connectivity index (χ4n) is 4.35. The molecule has 1 aliphatic heterocycles. The summed E-state index contributed by atoms with van der Waals surface area (Å²) in [4.78, 5) is 25.7. The molecule has 136 valence electrons. The summed E-state index contributed by atoms with van der Waals surface area (Å²) in [6, 6.07) is 5.24. The summed E-state index contributed by atoms with van der Waals surface area (Å²) in [5.74, 6) is 0.906. The number of fused-ring (bicyclic) bond motifs is 1. The molecule has 0 radical (unpaired) electrons. The number of allylic oxidation sites excluding steroid dienone is 4. The zero-order chi connectivity index (χ0) is 18.6. The van der Waals surface area contributed by atoms with Crippen molar-refractivity contribution in [3.05, 3.63) is 51.4 Å². The number of ether oxygens (including phenoxy) is 1. The fraction of sp³-hybridized carbons (Fsp3) is 0.429. The van der Waals surface area contributed by atoms with Crippen molar-refractivity contribution >= 4 is 23.2 Å². The minimum atomic E-state index is -0.590. The third-order valence-electron chi connectivity index (χ3n) is 5.45. The van der Waals surface area contributed by atoms with E-state index in [1.807, 2.05) is 13.8 Å². The van der Waals surface area contributed by atoms with Gasteiger partial charge in [0.2, 0.25) is 0 Å². The SMILES string of the molecule is CC1CC(=O)C(C2C3=C(CC(C)CC3=O)Oc3ccc(Cl)cc32)=C(O)C1. The molecule has 4 nitrogen and oxygen atoms in total. The average molecular weight is 373 g/mol. The first kappa shape index (κ1) is 17.3. The summed E-state index contributed by atoms with van der Waals surface area (Å²) in [6.07, 6.45) is 1.90. The Kier molecular flexibility index (Phi) is 4.19. The highest BCUT2D eigenvalue weighted by Crippen LogP contribution is 2.50. The Morgan fingerprint density at radius 2 is 1.65 bits per heavy atom. The van der Waals surface area contributed by atoms with Gasteiger partial charge in [-0.1, -0.05) is 25.4 Å². The van der Waals surface area contributed by atoms with Crippen LogP contribution >= 0.6 is 11.6 Å². The van der Waals surface area contributed by atoms with Gasteiger partial charge in [0.15, 0.2) is 11.6 Å². The Hall–Kier alpha value is -2.07. The third kappa shape index (κ3) is 2.77. The van der Waals surface area contributed by atoms with E-state index >= 15 is 0 Å². The van der Waals surface area contributed by atoms with E-state index < -0.39 is 5.92 Å². The summed E-state index contributed by atoms with van der Waals surface area (Å²) < 4.78 is 6.03. The molecule has 1 N–H and O–H groups in total. The lowest BCUT2D eigenvalue weighted by molar-refractivity contribution is -0.118. The van der Waals surface area contributed by atoms with Crippen LogP contribution < -0.4 is 4.74 Å². The van der Waals surface area contributed by atoms with Crippen LogP contribution in [0.4, 0.5) is 0 Å². The van der Waals surface area contributed by atoms with Gasteiger partial charge in [-0.05, 0) is 30.0 Å². The average Bonchev–Trinajstić information content (AvgIpc) is 2.53. The molecule has 0 aromatic heterocycles. The number of aliphatic hydroxyl groups is 1. The number of carbonyl (C=O) groups excluding carboxylic acids is 2. The topological polar surface area (TPSA) is 63.6 Å². The number of ketones is 2. The van der Waals surface area contributed by atoms with Crippen LogP contribution in [0.25, 0.3) is 0 Å². The summed E-state index contributed by atoms with van der Waals surface area (Å²) in [7, 11) is 0. The van der Waals surface area contributed by atoms with Gasteiger partial charge >= 0.3 is 0 Å². The van der Waals surface area contributed by atoms with Gasteiger partial charge in [0.1, 0.15) is 17.3 Å². The van der Waals surface area contributed by atoms with Crippen molar-refractivity contribution < 1.29 is 19.4 Å². The molecule has 0 fully saturated rings. The maximum atomic E-state index is 12.9. The Bertz CT molecular complexity index is 880. The molecule has 4 rings (SSSR count). The van der Waals surface area contributed by atoms with E-state index in [1.165, 1.54) is 0 Å². The van der Waals surface area contributed by atoms with E-state index in [1.54, 1.807) is 18.2 Å². The van der Waals surface area contributed by atoms with Crippen LogP contribution in [0.1, 0.15) is 51.0 Å². The number of hydrogen-bond acceptors (Lipinski definition) is 4. The van der Waals surface area contributed by atoms with Crippen molar-refractivity contribution in [2.75, 3.05) is 0 Å². The van der Waals surface area contributed by atoms with Gasteiger partial charge in [-0.15, -0.1) is 0 Å². The quantitative estimate of drug-likeness (QED) is 0.763. The zero-order valence-electron chi connectivity index (χ0n) is 14.8. The monoisotopic (exact) mass is 372 g/mol. The molecule has 0 bridgehead atoms. The maximum absolute atomic E-state index is 12.9. The van der Waals surface area contributed by atoms with Crippen LogP contribution in [0.5, 0.6) is 5.75 Å². The molecule has 3 aliphatic rings. The minimum Gasteiger partial charge on any atom is -0.512 e. The third-order valence-corrected chi connectivity index (χ3v) is 5.68. The predicted octanol–water partition coefficient (Wildman–Crippen LogP) is 4.88. The van der Waals surface area contributed by atoms with E-state index in [0.29, 0.717) is 58.9 Å². The summed E-state index contributed by atoms with van der Waals surface area (Å²) in [5.41, 5.74) is 1.54. The molecule has 2 aliphatic carbocycles. The first-order valence-electron chi connectivity index (χ1n) is 9.04. The van der Waals surface area contributed by atoms with E-state index in [2.05, 4.69) is 0 Å². The Morgan fingerprint density at radius 3 is 2.35 bits per heavy atom. The van der Waals surface area contributed by atoms with Crippen molar-refractivity contribution in [3.8, 4) is 5.75 Å². The summed E-state index contributed by atoms with van der Waals surface area (Å²) in [5, 5.41) is 11.1. The van der Waals surface area contributed by atoms with Gasteiger partial charge in [0.25, 0.3) is 0 Å². The number of rotatable bonds is 1. The van der Waals surface area contributed by atoms with E-state index in [4.69, 9.17) is 16.3 Å². The Labute approximate surface area is 157 Å². The number of halogens is 1. The highest BCUT2D eigenvalue weighted by molar-refractivity contribution is 6.30. The normalized spacial score (nSPS) is 28.7. The van der Waals surface area contributed by atoms with Crippen LogP contribution in [-0.2, 0) is 9.59 Å². The van der Waals surface area contributed by atoms with Crippen molar-refractivity contribution in [2.24, 2.45) is 11.8 Å². The standard InChI is InChI=1S/C21H21ClO4/c1-10-5-14(23)20(15(24)6-10)19-13-9-12(22)3-4-17(13)26-18-8-11(2)7-16(25)21(18)19/h3-4,9-11,19,23H,5-8H2,1-2H3. The molecule has 1 aromatic carbocycles. The van der Waals surface area contributed by atoms with Crippen LogP contribution in [-0.4, -0.2) is 16.7 Å². The van der Waals surface area contributed by atoms with Crippen LogP contribution in [0.15, 0.2) is 40.9 Å². The van der Waals surface area contributed by atoms with Gasteiger partial charge in [0, 0.05) is 47.4 Å². The van der Waals surface area contributed by atoms with Gasteiger partial charge in [0.05, 0.1) is 5.92 Å². The molecule has 0 amide bonds. The van der Waals surface area contributed by atoms with Gasteiger partial charge in [-0.25, -0.2) is 0 Å². The molecule has 5 heteroatoms. The van der Waals surface area contributed by atoms with Crippen LogP contribution in [0, 0.1) is 11.8 Å². The number of hydrogen-bond donors (Lipinski definition) is 1. The molecule has 0 spiro atoms. The number of aliphatic hydroxyl groups excluding tert-OH is 1. The summed E-state index contributed by atoms with van der Waals surface area (Å²) in [6.45, 7) is 3.96. The predicted molar refractivity (Wildman–Crippen MR) is 98.3 cm³/mol. The van der Waals surface area contributed by atoms with Gasteiger partial charge in [-0.3, -0.25) is 9.59 Å². The smallest absolute Gasteiger partial charge is 0.163 e. The van der Waals surface area contributed by atoms with Crippen LogP contribution in [0.3, 0.4) is 0 Å². The van der Waals surface area contributed by atoms with E-state index in [9.17, 15) is 14.7 Å². The molecule has 3 unspecified atom stereocenters. The number of carbonyl (C=O) groups is 2. The molecule has 0 saturated heterocycles. The highest BCUT2D eigenvalue weighted by Gasteiger charge is 2.43. The largest absolute Gasteiger partial charge is 0.512 e. The molecular weight excluding hydrogens is 352 g/mol. The van der Waals surface area contributed by atoms with E-state index in [0.717, 1.165) is 0 Å². The first-order chi connectivity index (χ1) is 12.3. The van der Waals surface area contributed by atoms with Crippen LogP contribution in [0.2, 0.25) is 5.02 Å². The van der Waals surface area contributed by atoms with Gasteiger partial charge < -0.3 is 9.84 Å². The lowest BCUT2D eigenvalue weighted by Crippen LogP contribution is -2.32. The molecular formula is C21H21ClO4. The lowest BCUT2D eigenvalue weighted by Gasteiger charge is -2.36. The van der Waals surface area contributed by atoms with Gasteiger partial charge in [-0.2, -0.15) is 0 Å². The van der Waals surface area contributed by atoms with Crippen molar-refractivity contribution in [1.82, 2.24) is 0 Å². The van der Waals surface area contributed by atoms with E-state index in [-0.39, 0.29) is 29.2 Å². The number of Topliss-reactive ketones (excluding diaryl/α,β-unsaturated/α-hetero) is 2. The van der Waals surface area contributed by atoms with Crippen molar-refractivity contribution in [3.63, 3.8) is 0 Å². The fourth-order valence-corrected chi connectivity index (χ4v) is 4.53. The maximum Gasteiger partial charge on any atom is 0.163 e. The minimum absolute atomic E-state index is 0.0129. The Balaban J connectivity index is 1.95. The lowest BCUT2D eigenvalue weighted by atomic mass is 9.71. The highest BCUT2D eigenvalue weighted by atomic mass is 35.5. The molecule has 1 aromatic rings. The van der Waals surface area contributed by atoms with Crippen molar-refractivity contribution in [1.29, 1.82) is 0 Å². The summed E-state index contributed by atoms with van der Waals surface area (Å²) >= 11 is 6.19. The zero-order valence-corrected chi connectivity index (χ0v) is 15.6.